The van der Waals surface area contributed by atoms with E-state index in [4.69, 9.17) is 4.74 Å². The first kappa shape index (κ1) is 27.0. The maximum absolute atomic E-state index is 13.4. The number of unbranched alkanes of at least 4 members (excludes halogenated alkanes) is 2. The molecule has 1 heterocycles. The maximum atomic E-state index is 13.4. The Bertz CT molecular complexity index is 1360. The number of ether oxygens (including phenoxy) is 1. The highest BCUT2D eigenvalue weighted by molar-refractivity contribution is 6.51. The van der Waals surface area contributed by atoms with Crippen LogP contribution in [0.2, 0.25) is 0 Å². The van der Waals surface area contributed by atoms with Gasteiger partial charge in [0.25, 0.3) is 11.7 Å². The normalized spacial score (nSPS) is 17.2. The maximum Gasteiger partial charge on any atom is 0.416 e. The molecule has 1 aliphatic rings. The highest BCUT2D eigenvalue weighted by Gasteiger charge is 2.47. The molecule has 0 radical (unpaired) electrons. The number of benzene rings is 3. The lowest BCUT2D eigenvalue weighted by molar-refractivity contribution is -0.137. The van der Waals surface area contributed by atoms with E-state index in [0.717, 1.165) is 41.9 Å². The molecular formula is C30H28F3NO4. The summed E-state index contributed by atoms with van der Waals surface area (Å²) in [6.07, 6.45) is -1.61. The molecule has 198 valence electrons. The average molecular weight is 524 g/mol. The summed E-state index contributed by atoms with van der Waals surface area (Å²) in [6.45, 7) is 4.46. The van der Waals surface area contributed by atoms with Gasteiger partial charge in [-0.1, -0.05) is 55.7 Å². The number of halogens is 3. The van der Waals surface area contributed by atoms with Crippen LogP contribution in [0.1, 0.15) is 54.5 Å². The summed E-state index contributed by atoms with van der Waals surface area (Å²) >= 11 is 0. The first-order valence-corrected chi connectivity index (χ1v) is 12.4. The Morgan fingerprint density at radius 1 is 0.974 bits per heavy atom. The van der Waals surface area contributed by atoms with Crippen LogP contribution < -0.4 is 9.64 Å². The summed E-state index contributed by atoms with van der Waals surface area (Å²) in [5.74, 6) is -1.82. The number of anilines is 1. The van der Waals surface area contributed by atoms with E-state index in [0.29, 0.717) is 17.9 Å². The van der Waals surface area contributed by atoms with E-state index in [-0.39, 0.29) is 16.8 Å². The highest BCUT2D eigenvalue weighted by Crippen LogP contribution is 2.43. The number of rotatable bonds is 8. The second-order valence-electron chi connectivity index (χ2n) is 9.21. The molecule has 1 aliphatic heterocycles. The van der Waals surface area contributed by atoms with E-state index in [2.05, 4.69) is 6.92 Å². The van der Waals surface area contributed by atoms with Crippen LogP contribution in [0.5, 0.6) is 5.75 Å². The number of hydrogen-bond donors (Lipinski definition) is 1. The van der Waals surface area contributed by atoms with Gasteiger partial charge in [-0.3, -0.25) is 14.5 Å². The summed E-state index contributed by atoms with van der Waals surface area (Å²) in [5, 5.41) is 11.3. The molecule has 0 spiro atoms. The van der Waals surface area contributed by atoms with Gasteiger partial charge in [0, 0.05) is 11.3 Å². The van der Waals surface area contributed by atoms with Crippen LogP contribution in [-0.4, -0.2) is 23.4 Å². The number of alkyl halides is 3. The summed E-state index contributed by atoms with van der Waals surface area (Å²) in [4.78, 5) is 27.5. The van der Waals surface area contributed by atoms with Crippen LogP contribution >= 0.6 is 0 Å². The number of aliphatic hydroxyl groups excluding tert-OH is 1. The molecule has 1 saturated heterocycles. The predicted molar refractivity (Wildman–Crippen MR) is 139 cm³/mol. The van der Waals surface area contributed by atoms with E-state index in [1.807, 2.05) is 13.0 Å². The summed E-state index contributed by atoms with van der Waals surface area (Å²) < 4.78 is 46.0. The summed E-state index contributed by atoms with van der Waals surface area (Å²) in [6, 6.07) is 16.6. The smallest absolute Gasteiger partial charge is 0.416 e. The number of amides is 1. The minimum absolute atomic E-state index is 0.0942. The Balaban J connectivity index is 1.79. The highest BCUT2D eigenvalue weighted by atomic mass is 19.4. The van der Waals surface area contributed by atoms with Crippen LogP contribution in [0.4, 0.5) is 18.9 Å². The van der Waals surface area contributed by atoms with Crippen molar-refractivity contribution in [3.05, 3.63) is 101 Å². The minimum Gasteiger partial charge on any atom is -0.507 e. The van der Waals surface area contributed by atoms with Crippen molar-refractivity contribution in [1.82, 2.24) is 0 Å². The van der Waals surface area contributed by atoms with Gasteiger partial charge < -0.3 is 9.84 Å². The van der Waals surface area contributed by atoms with E-state index >= 15 is 0 Å². The molecule has 0 aromatic heterocycles. The van der Waals surface area contributed by atoms with Crippen LogP contribution in [0.25, 0.3) is 5.76 Å². The van der Waals surface area contributed by atoms with E-state index in [1.54, 1.807) is 42.5 Å². The number of carbonyl (C=O) groups is 2. The van der Waals surface area contributed by atoms with Crippen molar-refractivity contribution < 1.29 is 32.6 Å². The zero-order valence-electron chi connectivity index (χ0n) is 21.1. The van der Waals surface area contributed by atoms with E-state index in [9.17, 15) is 27.9 Å². The second kappa shape index (κ2) is 11.1. The van der Waals surface area contributed by atoms with Crippen molar-refractivity contribution in [3.8, 4) is 5.75 Å². The number of carbonyl (C=O) groups excluding carboxylic acids is 2. The van der Waals surface area contributed by atoms with Gasteiger partial charge in [-0.25, -0.2) is 0 Å². The van der Waals surface area contributed by atoms with Gasteiger partial charge in [0.05, 0.1) is 23.8 Å². The van der Waals surface area contributed by atoms with Crippen molar-refractivity contribution in [2.24, 2.45) is 0 Å². The largest absolute Gasteiger partial charge is 0.507 e. The van der Waals surface area contributed by atoms with Crippen LogP contribution in [0, 0.1) is 6.92 Å². The Morgan fingerprint density at radius 2 is 1.68 bits per heavy atom. The molecule has 1 atom stereocenters. The molecule has 38 heavy (non-hydrogen) atoms. The Morgan fingerprint density at radius 3 is 2.34 bits per heavy atom. The van der Waals surface area contributed by atoms with Gasteiger partial charge in [0.2, 0.25) is 0 Å². The summed E-state index contributed by atoms with van der Waals surface area (Å²) in [7, 11) is 0. The molecule has 4 rings (SSSR count). The molecule has 1 N–H and O–H groups in total. The molecular weight excluding hydrogens is 495 g/mol. The monoisotopic (exact) mass is 523 g/mol. The molecule has 5 nitrogen and oxygen atoms in total. The lowest BCUT2D eigenvalue weighted by Gasteiger charge is -2.26. The van der Waals surface area contributed by atoms with Gasteiger partial charge in [-0.2, -0.15) is 13.2 Å². The number of ketones is 1. The molecule has 0 saturated carbocycles. The fraction of sp³-hybridized carbons (Fsp3) is 0.267. The van der Waals surface area contributed by atoms with E-state index in [1.165, 1.54) is 12.1 Å². The first-order chi connectivity index (χ1) is 18.1. The quantitative estimate of drug-likeness (QED) is 0.147. The second-order valence-corrected chi connectivity index (χ2v) is 9.21. The number of aliphatic hydroxyl groups is 1. The van der Waals surface area contributed by atoms with Crippen molar-refractivity contribution in [1.29, 1.82) is 0 Å². The SMILES string of the molecule is CCCCCOc1ccc(/C(O)=C2\C(=O)C(=O)N(c3cccc(C(F)(F)F)c3)C2c2cccc(C)c2)cc1. The number of Topliss-reactive ketones (excluding diaryl/α,β-unsaturated/α-hetero) is 1. The van der Waals surface area contributed by atoms with Crippen molar-refractivity contribution >= 4 is 23.1 Å². The lowest BCUT2D eigenvalue weighted by Crippen LogP contribution is -2.29. The molecule has 1 amide bonds. The minimum atomic E-state index is -4.64. The zero-order valence-corrected chi connectivity index (χ0v) is 21.1. The van der Waals surface area contributed by atoms with Crippen LogP contribution in [-0.2, 0) is 15.8 Å². The van der Waals surface area contributed by atoms with Gasteiger partial charge in [-0.15, -0.1) is 0 Å². The number of aryl methyl sites for hydroxylation is 1. The molecule has 0 aliphatic carbocycles. The number of hydrogen-bond acceptors (Lipinski definition) is 4. The third kappa shape index (κ3) is 5.59. The molecule has 1 fully saturated rings. The topological polar surface area (TPSA) is 66.8 Å². The van der Waals surface area contributed by atoms with Gasteiger partial charge in [0.1, 0.15) is 11.5 Å². The fourth-order valence-corrected chi connectivity index (χ4v) is 4.49. The Hall–Kier alpha value is -4.07. The number of nitrogens with zero attached hydrogens (tertiary/aromatic N) is 1. The lowest BCUT2D eigenvalue weighted by atomic mass is 9.94. The van der Waals surface area contributed by atoms with Gasteiger partial charge in [-0.05, 0) is 61.4 Å². The third-order valence-corrected chi connectivity index (χ3v) is 6.40. The Labute approximate surface area is 219 Å². The van der Waals surface area contributed by atoms with Crippen LogP contribution in [0.3, 0.4) is 0 Å². The fourth-order valence-electron chi connectivity index (χ4n) is 4.49. The van der Waals surface area contributed by atoms with Crippen LogP contribution in [0.15, 0.2) is 78.4 Å². The standard InChI is InChI=1S/C30H28F3NO4/c1-3-4-5-16-38-24-14-12-20(13-15-24)27(35)25-26(21-9-6-8-19(2)17-21)34(29(37)28(25)36)23-11-7-10-22(18-23)30(31,32)33/h6-15,17-18,26,35H,3-5,16H2,1-2H3/b27-25+. The third-order valence-electron chi connectivity index (χ3n) is 6.40. The first-order valence-electron chi connectivity index (χ1n) is 12.4. The van der Waals surface area contributed by atoms with Gasteiger partial charge >= 0.3 is 6.18 Å². The van der Waals surface area contributed by atoms with Crippen molar-refractivity contribution in [3.63, 3.8) is 0 Å². The Kier molecular flexibility index (Phi) is 7.90. The zero-order chi connectivity index (χ0) is 27.4. The molecule has 3 aromatic rings. The molecule has 1 unspecified atom stereocenters. The molecule has 0 bridgehead atoms. The molecule has 3 aromatic carbocycles. The van der Waals surface area contributed by atoms with Crippen molar-refractivity contribution in [2.75, 3.05) is 11.5 Å². The predicted octanol–water partition coefficient (Wildman–Crippen LogP) is 7.21. The average Bonchev–Trinajstić information content (AvgIpc) is 3.16. The summed E-state index contributed by atoms with van der Waals surface area (Å²) in [5.41, 5.74) is 0.346. The van der Waals surface area contributed by atoms with Crippen molar-refractivity contribution in [2.45, 2.75) is 45.3 Å². The molecule has 8 heteroatoms. The van der Waals surface area contributed by atoms with Gasteiger partial charge in [0.15, 0.2) is 0 Å². The van der Waals surface area contributed by atoms with E-state index < -0.39 is 35.2 Å².